The molecule has 2 rings (SSSR count). The van der Waals surface area contributed by atoms with Gasteiger partial charge in [0.05, 0.1) is 0 Å². The van der Waals surface area contributed by atoms with Gasteiger partial charge in [0.25, 0.3) is 0 Å². The number of hydrogen-bond donors (Lipinski definition) is 2. The van der Waals surface area contributed by atoms with Crippen LogP contribution < -0.4 is 10.4 Å². The highest BCUT2D eigenvalue weighted by molar-refractivity contribution is 7.32. The predicted molar refractivity (Wildman–Crippen MR) is 47.5 cm³/mol. The van der Waals surface area contributed by atoms with E-state index in [2.05, 4.69) is 19.6 Å². The van der Waals surface area contributed by atoms with Gasteiger partial charge in [-0.15, -0.1) is 4.73 Å². The molecule has 0 saturated carbocycles. The molecule has 0 radical (unpaired) electrons. The van der Waals surface area contributed by atoms with Crippen molar-refractivity contribution in [3.05, 3.63) is 12.7 Å². The molecule has 0 aliphatic carbocycles. The van der Waals surface area contributed by atoms with Crippen LogP contribution in [0.1, 0.15) is 0 Å². The third-order valence-corrected chi connectivity index (χ3v) is 1.86. The number of rotatable bonds is 2. The Kier molecular flexibility index (Phi) is 2.06. The molecular formula is C5H6N5O3P. The Bertz CT molecular complexity index is 497. The summed E-state index contributed by atoms with van der Waals surface area (Å²) < 4.78 is 15.9. The first kappa shape index (κ1) is 8.92. The second-order valence-corrected chi connectivity index (χ2v) is 3.07. The molecule has 0 aromatic carbocycles. The molecule has 9 heteroatoms. The number of imidazole rings is 1. The van der Waals surface area contributed by atoms with Crippen LogP contribution in [-0.4, -0.2) is 24.6 Å². The Hall–Kier alpha value is -1.66. The van der Waals surface area contributed by atoms with Gasteiger partial charge in [-0.05, 0) is 0 Å². The molecule has 3 N–H and O–H groups in total. The van der Waals surface area contributed by atoms with Crippen molar-refractivity contribution >= 4 is 25.2 Å². The first-order chi connectivity index (χ1) is 6.68. The Balaban J connectivity index is 2.58. The molecule has 0 fully saturated rings. The van der Waals surface area contributed by atoms with Crippen molar-refractivity contribution in [2.45, 2.75) is 0 Å². The van der Waals surface area contributed by atoms with Crippen molar-refractivity contribution in [2.75, 3.05) is 5.73 Å². The Morgan fingerprint density at radius 2 is 2.29 bits per heavy atom. The van der Waals surface area contributed by atoms with Crippen LogP contribution >= 0.6 is 8.25 Å². The lowest BCUT2D eigenvalue weighted by Crippen LogP contribution is -2.03. The number of fused-ring (bicyclic) bond motifs is 1. The quantitative estimate of drug-likeness (QED) is 0.631. The second kappa shape index (κ2) is 3.24. The highest BCUT2D eigenvalue weighted by Gasteiger charge is 2.09. The molecule has 2 aromatic heterocycles. The van der Waals surface area contributed by atoms with Gasteiger partial charge >= 0.3 is 8.25 Å². The van der Waals surface area contributed by atoms with Crippen LogP contribution in [0.25, 0.3) is 11.2 Å². The molecule has 74 valence electrons. The van der Waals surface area contributed by atoms with E-state index in [1.54, 1.807) is 0 Å². The molecule has 1 atom stereocenters. The maximum Gasteiger partial charge on any atom is 0.384 e. The number of nitrogens with zero attached hydrogens (tertiary/aromatic N) is 4. The lowest BCUT2D eigenvalue weighted by Gasteiger charge is -2.00. The van der Waals surface area contributed by atoms with Gasteiger partial charge in [0.15, 0.2) is 11.3 Å². The molecule has 1 unspecified atom stereocenters. The van der Waals surface area contributed by atoms with Crippen LogP contribution in [0.15, 0.2) is 12.7 Å². The fraction of sp³-hybridized carbons (Fsp3) is 0. The van der Waals surface area contributed by atoms with E-state index >= 15 is 0 Å². The summed E-state index contributed by atoms with van der Waals surface area (Å²) in [4.78, 5) is 19.9. The van der Waals surface area contributed by atoms with Crippen molar-refractivity contribution < 1.29 is 14.1 Å². The van der Waals surface area contributed by atoms with Crippen LogP contribution in [-0.2, 0) is 4.57 Å². The van der Waals surface area contributed by atoms with E-state index in [9.17, 15) is 4.57 Å². The van der Waals surface area contributed by atoms with Gasteiger partial charge in [-0.25, -0.2) is 19.5 Å². The van der Waals surface area contributed by atoms with Crippen molar-refractivity contribution in [1.82, 2.24) is 19.7 Å². The van der Waals surface area contributed by atoms with E-state index in [1.807, 2.05) is 0 Å². The van der Waals surface area contributed by atoms with Crippen LogP contribution in [0.5, 0.6) is 0 Å². The molecule has 0 spiro atoms. The largest absolute Gasteiger partial charge is 0.384 e. The van der Waals surface area contributed by atoms with Gasteiger partial charge < -0.3 is 15.3 Å². The van der Waals surface area contributed by atoms with E-state index in [-0.39, 0.29) is 11.5 Å². The first-order valence-corrected chi connectivity index (χ1v) is 4.79. The van der Waals surface area contributed by atoms with Crippen LogP contribution in [0.3, 0.4) is 0 Å². The topological polar surface area (TPSA) is 116 Å². The molecule has 0 bridgehead atoms. The van der Waals surface area contributed by atoms with E-state index in [4.69, 9.17) is 10.6 Å². The fourth-order valence-corrected chi connectivity index (χ4v) is 1.29. The zero-order valence-corrected chi connectivity index (χ0v) is 7.78. The lowest BCUT2D eigenvalue weighted by atomic mass is 10.5. The number of nitrogens with two attached hydrogens (primary N) is 1. The average molecular weight is 215 g/mol. The van der Waals surface area contributed by atoms with Gasteiger partial charge in [0, 0.05) is 0 Å². The maximum atomic E-state index is 10.4. The number of nitrogen functional groups attached to an aromatic ring is 1. The standard InChI is InChI=1S/C5H6N5O3P/c6-4-3-5(8-1-7-4)10(2-9-3)13-14(11)12/h1-2,14H,(H,11,12)(H2,6,7,8). The summed E-state index contributed by atoms with van der Waals surface area (Å²) in [6, 6.07) is 0. The molecule has 8 nitrogen and oxygen atoms in total. The van der Waals surface area contributed by atoms with E-state index < -0.39 is 8.25 Å². The Morgan fingerprint density at radius 1 is 1.50 bits per heavy atom. The van der Waals surface area contributed by atoms with Gasteiger partial charge in [0.2, 0.25) is 5.65 Å². The first-order valence-electron chi connectivity index (χ1n) is 3.53. The number of anilines is 1. The van der Waals surface area contributed by atoms with Crippen LogP contribution in [0.2, 0.25) is 0 Å². The van der Waals surface area contributed by atoms with E-state index in [0.29, 0.717) is 5.52 Å². The second-order valence-electron chi connectivity index (χ2n) is 2.36. The molecule has 2 aromatic rings. The Morgan fingerprint density at radius 3 is 3.00 bits per heavy atom. The molecule has 2 heterocycles. The van der Waals surface area contributed by atoms with Crippen LogP contribution in [0, 0.1) is 0 Å². The normalized spacial score (nSPS) is 12.9. The third-order valence-electron chi connectivity index (χ3n) is 1.51. The van der Waals surface area contributed by atoms with Gasteiger partial charge in [-0.2, -0.15) is 0 Å². The zero-order chi connectivity index (χ0) is 10.1. The Labute approximate surface area is 78.3 Å². The monoisotopic (exact) mass is 215 g/mol. The van der Waals surface area contributed by atoms with Crippen molar-refractivity contribution in [2.24, 2.45) is 0 Å². The summed E-state index contributed by atoms with van der Waals surface area (Å²) >= 11 is 0. The highest BCUT2D eigenvalue weighted by atomic mass is 31.1. The summed E-state index contributed by atoms with van der Waals surface area (Å²) in [5.74, 6) is 0.190. The van der Waals surface area contributed by atoms with Crippen LogP contribution in [0.4, 0.5) is 5.82 Å². The summed E-state index contributed by atoms with van der Waals surface area (Å²) in [5, 5.41) is 0. The molecule has 0 amide bonds. The minimum atomic E-state index is -3.09. The molecule has 0 saturated heterocycles. The molecular weight excluding hydrogens is 209 g/mol. The minimum Gasteiger partial charge on any atom is -0.382 e. The third kappa shape index (κ3) is 1.40. The van der Waals surface area contributed by atoms with E-state index in [1.165, 1.54) is 12.7 Å². The van der Waals surface area contributed by atoms with Gasteiger partial charge in [-0.1, -0.05) is 0 Å². The van der Waals surface area contributed by atoms with Crippen molar-refractivity contribution in [3.63, 3.8) is 0 Å². The van der Waals surface area contributed by atoms with Gasteiger partial charge in [-0.3, -0.25) is 0 Å². The summed E-state index contributed by atoms with van der Waals surface area (Å²) in [6.07, 6.45) is 2.42. The average Bonchev–Trinajstić information content (AvgIpc) is 2.49. The number of aromatic nitrogens is 4. The van der Waals surface area contributed by atoms with Gasteiger partial charge in [0.1, 0.15) is 12.7 Å². The van der Waals surface area contributed by atoms with E-state index in [0.717, 1.165) is 4.73 Å². The lowest BCUT2D eigenvalue weighted by molar-refractivity contribution is 0.258. The minimum absolute atomic E-state index is 0.190. The zero-order valence-electron chi connectivity index (χ0n) is 6.78. The van der Waals surface area contributed by atoms with Crippen molar-refractivity contribution in [3.8, 4) is 0 Å². The highest BCUT2D eigenvalue weighted by Crippen LogP contribution is 2.17. The maximum absolute atomic E-state index is 10.4. The number of hydrogen-bond acceptors (Lipinski definition) is 6. The van der Waals surface area contributed by atoms with Crippen molar-refractivity contribution in [1.29, 1.82) is 0 Å². The summed E-state index contributed by atoms with van der Waals surface area (Å²) in [7, 11) is -3.09. The fourth-order valence-electron chi connectivity index (χ4n) is 0.984. The SMILES string of the molecule is Nc1ncnc2c1ncn2O[PH](=O)O. The molecule has 14 heavy (non-hydrogen) atoms. The smallest absolute Gasteiger partial charge is 0.382 e. The molecule has 0 aliphatic heterocycles. The predicted octanol–water partition coefficient (Wildman–Crippen LogP) is -0.781. The molecule has 0 aliphatic rings. The summed E-state index contributed by atoms with van der Waals surface area (Å²) in [5.41, 5.74) is 6.07. The summed E-state index contributed by atoms with van der Waals surface area (Å²) in [6.45, 7) is 0.